The minimum atomic E-state index is -5.77. The smallest absolute Gasteiger partial charge is 0.457 e. The van der Waals surface area contributed by atoms with E-state index in [4.69, 9.17) is 0 Å². The van der Waals surface area contributed by atoms with Crippen molar-refractivity contribution in [3.05, 3.63) is 41.7 Å². The minimum Gasteiger partial charge on any atom is -0.611 e. The molecule has 0 saturated carbocycles. The molecule has 1 atom stereocenters. The van der Waals surface area contributed by atoms with Gasteiger partial charge in [0, 0.05) is 13.1 Å². The van der Waals surface area contributed by atoms with E-state index in [0.717, 1.165) is 22.9 Å². The highest BCUT2D eigenvalue weighted by molar-refractivity contribution is 7.91. The molecule has 0 aliphatic rings. The lowest BCUT2D eigenvalue weighted by Crippen LogP contribution is -2.33. The summed E-state index contributed by atoms with van der Waals surface area (Å²) in [6.45, 7) is 1.49. The van der Waals surface area contributed by atoms with Crippen molar-refractivity contribution in [2.75, 3.05) is 5.75 Å². The molecule has 2 aromatic rings. The van der Waals surface area contributed by atoms with E-state index in [1.807, 2.05) is 0 Å². The third-order valence-corrected chi connectivity index (χ3v) is 5.28. The van der Waals surface area contributed by atoms with Crippen LogP contribution in [0.3, 0.4) is 0 Å². The summed E-state index contributed by atoms with van der Waals surface area (Å²) in [6, 6.07) is 2.48. The predicted octanol–water partition coefficient (Wildman–Crippen LogP) is 5.44. The number of halogens is 8. The van der Waals surface area contributed by atoms with Gasteiger partial charge < -0.3 is 9.12 Å². The van der Waals surface area contributed by atoms with Crippen molar-refractivity contribution in [3.63, 3.8) is 0 Å². The van der Waals surface area contributed by atoms with Gasteiger partial charge in [-0.2, -0.15) is 35.1 Å². The molecule has 0 N–H and O–H groups in total. The topological polar surface area (TPSA) is 40.9 Å². The molecule has 1 aromatic carbocycles. The van der Waals surface area contributed by atoms with E-state index in [1.54, 1.807) is 0 Å². The lowest BCUT2D eigenvalue weighted by atomic mass is 10.1. The first-order valence-corrected chi connectivity index (χ1v) is 9.26. The molecule has 0 radical (unpaired) electrons. The van der Waals surface area contributed by atoms with Crippen molar-refractivity contribution >= 4 is 17.3 Å². The zero-order valence-corrected chi connectivity index (χ0v) is 15.7. The van der Waals surface area contributed by atoms with E-state index >= 15 is 0 Å². The van der Waals surface area contributed by atoms with Crippen molar-refractivity contribution in [2.45, 2.75) is 30.1 Å². The van der Waals surface area contributed by atoms with Crippen LogP contribution >= 0.6 is 0 Å². The summed E-state index contributed by atoms with van der Waals surface area (Å²) in [4.78, 5) is 3.71. The van der Waals surface area contributed by atoms with E-state index in [-0.39, 0.29) is 33.8 Å². The van der Waals surface area contributed by atoms with E-state index < -0.39 is 35.0 Å². The summed E-state index contributed by atoms with van der Waals surface area (Å²) >= 11 is -1.82. The fourth-order valence-electron chi connectivity index (χ4n) is 2.34. The number of aromatic nitrogens is 2. The van der Waals surface area contributed by atoms with E-state index in [0.29, 0.717) is 12.1 Å². The number of imidazole rings is 1. The van der Waals surface area contributed by atoms with Gasteiger partial charge in [0.25, 0.3) is 0 Å². The third kappa shape index (κ3) is 4.92. The highest BCUT2D eigenvalue weighted by Gasteiger charge is 2.55. The third-order valence-electron chi connectivity index (χ3n) is 3.92. The van der Waals surface area contributed by atoms with Crippen molar-refractivity contribution < 1.29 is 39.7 Å². The van der Waals surface area contributed by atoms with Gasteiger partial charge in [0.1, 0.15) is 11.6 Å². The highest BCUT2D eigenvalue weighted by Crippen LogP contribution is 2.38. The number of allylic oxidation sites excluding steroid dienone is 1. The molecule has 12 heteroatoms. The number of benzene rings is 1. The standard InChI is InChI=1S/C17H14F8N2OS/c1-3-29(28)13-8-10(16(20,21)22)4-5-12(13)14-26-9-11(27(14)2)6-7-15(18,19)17(23,24)25/h4-9H,3H2,1-2H3/b7-6+. The van der Waals surface area contributed by atoms with Gasteiger partial charge in [-0.15, -0.1) is 0 Å². The van der Waals surface area contributed by atoms with Crippen molar-refractivity contribution in [3.8, 4) is 11.4 Å². The van der Waals surface area contributed by atoms with Gasteiger partial charge in [0.15, 0.2) is 4.90 Å². The molecule has 29 heavy (non-hydrogen) atoms. The van der Waals surface area contributed by atoms with Crippen LogP contribution in [0.2, 0.25) is 0 Å². The Morgan fingerprint density at radius 2 is 1.72 bits per heavy atom. The molecule has 1 aromatic heterocycles. The summed E-state index contributed by atoms with van der Waals surface area (Å²) < 4.78 is 115. The van der Waals surface area contributed by atoms with Crippen LogP contribution in [-0.2, 0) is 24.4 Å². The summed E-state index contributed by atoms with van der Waals surface area (Å²) in [5.74, 6) is -5.10. The fraction of sp³-hybridized carbons (Fsp3) is 0.353. The summed E-state index contributed by atoms with van der Waals surface area (Å²) in [7, 11) is 1.28. The lowest BCUT2D eigenvalue weighted by Gasteiger charge is -2.16. The number of nitrogens with zero attached hydrogens (tertiary/aromatic N) is 2. The Labute approximate surface area is 163 Å². The Bertz CT molecular complexity index is 902. The van der Waals surface area contributed by atoms with Crippen LogP contribution in [-0.4, -0.2) is 32.0 Å². The van der Waals surface area contributed by atoms with Crippen LogP contribution in [0, 0.1) is 0 Å². The average Bonchev–Trinajstić information content (AvgIpc) is 2.97. The molecule has 2 rings (SSSR count). The van der Waals surface area contributed by atoms with Crippen LogP contribution in [0.5, 0.6) is 0 Å². The van der Waals surface area contributed by atoms with Crippen LogP contribution in [0.1, 0.15) is 18.2 Å². The van der Waals surface area contributed by atoms with Gasteiger partial charge in [0.05, 0.1) is 23.0 Å². The van der Waals surface area contributed by atoms with Gasteiger partial charge in [0.2, 0.25) is 0 Å². The number of rotatable bonds is 5. The maximum atomic E-state index is 13.1. The molecule has 0 bridgehead atoms. The summed E-state index contributed by atoms with van der Waals surface area (Å²) in [5.41, 5.74) is -1.14. The molecule has 0 aliphatic carbocycles. The minimum absolute atomic E-state index is 0.00327. The maximum absolute atomic E-state index is 13.1. The first kappa shape index (κ1) is 23.2. The largest absolute Gasteiger partial charge is 0.611 e. The van der Waals surface area contributed by atoms with Gasteiger partial charge >= 0.3 is 18.3 Å². The molecule has 0 fully saturated rings. The van der Waals surface area contributed by atoms with Crippen LogP contribution in [0.4, 0.5) is 35.1 Å². The second kappa shape index (κ2) is 7.98. The maximum Gasteiger partial charge on any atom is 0.457 e. The van der Waals surface area contributed by atoms with E-state index in [9.17, 15) is 39.7 Å². The van der Waals surface area contributed by atoms with Crippen LogP contribution in [0.25, 0.3) is 17.5 Å². The molecule has 0 spiro atoms. The van der Waals surface area contributed by atoms with Gasteiger partial charge in [-0.3, -0.25) is 0 Å². The Balaban J connectivity index is 2.52. The van der Waals surface area contributed by atoms with Crippen molar-refractivity contribution in [2.24, 2.45) is 7.05 Å². The second-order valence-electron chi connectivity index (χ2n) is 5.86. The van der Waals surface area contributed by atoms with Gasteiger partial charge in [-0.05, 0) is 42.4 Å². The lowest BCUT2D eigenvalue weighted by molar-refractivity contribution is -0.258. The Morgan fingerprint density at radius 1 is 1.10 bits per heavy atom. The molecular weight excluding hydrogens is 432 g/mol. The monoisotopic (exact) mass is 446 g/mol. The number of hydrogen-bond acceptors (Lipinski definition) is 2. The molecule has 1 unspecified atom stereocenters. The fourth-order valence-corrected chi connectivity index (χ4v) is 3.31. The molecule has 0 aliphatic heterocycles. The summed E-state index contributed by atoms with van der Waals surface area (Å²) in [6.07, 6.45) is -9.31. The first-order valence-electron chi connectivity index (χ1n) is 7.94. The quantitative estimate of drug-likeness (QED) is 0.453. The molecule has 160 valence electrons. The van der Waals surface area contributed by atoms with Crippen LogP contribution < -0.4 is 0 Å². The normalized spacial score (nSPS) is 14.6. The first-order chi connectivity index (χ1) is 13.2. The average molecular weight is 446 g/mol. The Kier molecular flexibility index (Phi) is 6.38. The predicted molar refractivity (Wildman–Crippen MR) is 90.6 cm³/mol. The van der Waals surface area contributed by atoms with E-state index in [1.165, 1.54) is 14.0 Å². The highest BCUT2D eigenvalue weighted by atomic mass is 32.2. The summed E-state index contributed by atoms with van der Waals surface area (Å²) in [5, 5.41) is 0. The number of alkyl halides is 8. The zero-order valence-electron chi connectivity index (χ0n) is 14.9. The molecule has 0 amide bonds. The Morgan fingerprint density at radius 3 is 2.24 bits per heavy atom. The van der Waals surface area contributed by atoms with Crippen molar-refractivity contribution in [1.29, 1.82) is 0 Å². The van der Waals surface area contributed by atoms with Gasteiger partial charge in [-0.25, -0.2) is 4.98 Å². The van der Waals surface area contributed by atoms with Crippen molar-refractivity contribution in [1.82, 2.24) is 9.55 Å². The molecular formula is C17H14F8N2OS. The van der Waals surface area contributed by atoms with Gasteiger partial charge in [-0.1, -0.05) is 0 Å². The Hall–Kier alpha value is -2.08. The van der Waals surface area contributed by atoms with Crippen LogP contribution in [0.15, 0.2) is 35.4 Å². The molecule has 1 heterocycles. The zero-order chi connectivity index (χ0) is 22.2. The molecule has 3 nitrogen and oxygen atoms in total. The number of hydrogen-bond donors (Lipinski definition) is 0. The molecule has 0 saturated heterocycles. The van der Waals surface area contributed by atoms with E-state index in [2.05, 4.69) is 4.98 Å². The SMILES string of the molecule is CC[S+]([O-])c1cc(C(F)(F)F)ccc1-c1ncc(/C=C/C(F)(F)C(F)(F)F)n1C. The second-order valence-corrected chi connectivity index (χ2v) is 7.57.